The number of nitrogens with zero attached hydrogens (tertiary/aromatic N) is 2. The molecule has 2 unspecified atom stereocenters. The maximum absolute atomic E-state index is 10.4. The molecule has 0 amide bonds. The number of aromatic nitrogens is 2. The average molecular weight is 285 g/mol. The van der Waals surface area contributed by atoms with Gasteiger partial charge in [0, 0.05) is 31.4 Å². The molecule has 2 N–H and O–H groups in total. The molecule has 112 valence electrons. The second-order valence-electron chi connectivity index (χ2n) is 6.00. The minimum atomic E-state index is -0.416. The minimum Gasteiger partial charge on any atom is -0.387 e. The van der Waals surface area contributed by atoms with Gasteiger partial charge in [-0.05, 0) is 31.9 Å². The number of rotatable bonds is 4. The number of aryl methyl sites for hydroxylation is 1. The third-order valence-electron chi connectivity index (χ3n) is 4.30. The Balaban J connectivity index is 1.60. The second-order valence-corrected chi connectivity index (χ2v) is 6.00. The fourth-order valence-electron chi connectivity index (χ4n) is 3.08. The third kappa shape index (κ3) is 3.52. The zero-order valence-corrected chi connectivity index (χ0v) is 12.5. The zero-order valence-electron chi connectivity index (χ0n) is 12.5. The minimum absolute atomic E-state index is 0.416. The molecule has 1 aliphatic rings. The Morgan fingerprint density at radius 1 is 1.38 bits per heavy atom. The SMILES string of the molecule is Cc1ccc(C(O)CN2CCCC(c3ncc[nH]3)C2)cc1. The van der Waals surface area contributed by atoms with E-state index in [-0.39, 0.29) is 0 Å². The smallest absolute Gasteiger partial charge is 0.110 e. The van der Waals surface area contributed by atoms with Crippen molar-refractivity contribution in [2.75, 3.05) is 19.6 Å². The number of hydrogen-bond donors (Lipinski definition) is 2. The lowest BCUT2D eigenvalue weighted by Gasteiger charge is -2.33. The van der Waals surface area contributed by atoms with Gasteiger partial charge >= 0.3 is 0 Å². The van der Waals surface area contributed by atoms with Gasteiger partial charge in [0.15, 0.2) is 0 Å². The molecule has 2 heterocycles. The van der Waals surface area contributed by atoms with E-state index in [9.17, 15) is 5.11 Å². The van der Waals surface area contributed by atoms with Crippen molar-refractivity contribution >= 4 is 0 Å². The van der Waals surface area contributed by atoms with Crippen LogP contribution in [0.25, 0.3) is 0 Å². The third-order valence-corrected chi connectivity index (χ3v) is 4.30. The fraction of sp³-hybridized carbons (Fsp3) is 0.471. The van der Waals surface area contributed by atoms with E-state index in [2.05, 4.69) is 33.9 Å². The van der Waals surface area contributed by atoms with Crippen molar-refractivity contribution in [3.05, 3.63) is 53.6 Å². The fourth-order valence-corrected chi connectivity index (χ4v) is 3.08. The second kappa shape index (κ2) is 6.41. The van der Waals surface area contributed by atoms with Gasteiger partial charge in [0.05, 0.1) is 6.10 Å². The maximum atomic E-state index is 10.4. The number of aliphatic hydroxyl groups excluding tert-OH is 1. The molecular formula is C17H23N3O. The Kier molecular flexibility index (Phi) is 4.36. The molecule has 2 aromatic rings. The lowest BCUT2D eigenvalue weighted by molar-refractivity contribution is 0.0946. The number of H-pyrrole nitrogens is 1. The molecule has 1 saturated heterocycles. The molecule has 1 aromatic carbocycles. The van der Waals surface area contributed by atoms with Crippen LogP contribution in [0.3, 0.4) is 0 Å². The molecule has 21 heavy (non-hydrogen) atoms. The number of nitrogens with one attached hydrogen (secondary N) is 1. The Morgan fingerprint density at radius 3 is 2.90 bits per heavy atom. The summed E-state index contributed by atoms with van der Waals surface area (Å²) in [5.41, 5.74) is 2.22. The topological polar surface area (TPSA) is 52.1 Å². The number of benzene rings is 1. The molecule has 1 aromatic heterocycles. The number of β-amino-alcohol motifs (C(OH)–C–C–N with tert-alkyl or cyclic N) is 1. The van der Waals surface area contributed by atoms with E-state index < -0.39 is 6.10 Å². The summed E-state index contributed by atoms with van der Waals surface area (Å²) in [4.78, 5) is 9.94. The number of piperidine rings is 1. The Labute approximate surface area is 125 Å². The summed E-state index contributed by atoms with van der Waals surface area (Å²) in [6.07, 6.45) is 5.61. The number of aromatic amines is 1. The highest BCUT2D eigenvalue weighted by Crippen LogP contribution is 2.26. The quantitative estimate of drug-likeness (QED) is 0.908. The number of imidazole rings is 1. The first kappa shape index (κ1) is 14.3. The predicted octanol–water partition coefficient (Wildman–Crippen LogP) is 2.63. The normalized spacial score (nSPS) is 21.3. The lowest BCUT2D eigenvalue weighted by Crippen LogP contribution is -2.37. The predicted molar refractivity (Wildman–Crippen MR) is 83.1 cm³/mol. The van der Waals surface area contributed by atoms with Gasteiger partial charge in [-0.15, -0.1) is 0 Å². The first-order valence-electron chi connectivity index (χ1n) is 7.68. The van der Waals surface area contributed by atoms with Crippen LogP contribution in [0.15, 0.2) is 36.7 Å². The Bertz CT molecular complexity index is 550. The molecule has 3 rings (SSSR count). The van der Waals surface area contributed by atoms with Crippen molar-refractivity contribution < 1.29 is 5.11 Å². The standard InChI is InChI=1S/C17H23N3O/c1-13-4-6-14(7-5-13)16(21)12-20-10-2-3-15(11-20)17-18-8-9-19-17/h4-9,15-16,21H,2-3,10-12H2,1H3,(H,18,19). The van der Waals surface area contributed by atoms with E-state index >= 15 is 0 Å². The number of hydrogen-bond acceptors (Lipinski definition) is 3. The van der Waals surface area contributed by atoms with E-state index in [0.29, 0.717) is 12.5 Å². The van der Waals surface area contributed by atoms with E-state index in [1.165, 1.54) is 12.0 Å². The molecule has 0 spiro atoms. The monoisotopic (exact) mass is 285 g/mol. The van der Waals surface area contributed by atoms with Crippen LogP contribution in [-0.2, 0) is 0 Å². The molecule has 4 heteroatoms. The Hall–Kier alpha value is -1.65. The first-order valence-corrected chi connectivity index (χ1v) is 7.68. The molecule has 0 bridgehead atoms. The number of likely N-dealkylation sites (tertiary alicyclic amines) is 1. The summed E-state index contributed by atoms with van der Waals surface area (Å²) in [6.45, 7) is 4.78. The van der Waals surface area contributed by atoms with Crippen LogP contribution in [0.1, 0.15) is 41.8 Å². The highest BCUT2D eigenvalue weighted by Gasteiger charge is 2.24. The maximum Gasteiger partial charge on any atom is 0.110 e. The molecule has 2 atom stereocenters. The van der Waals surface area contributed by atoms with Gasteiger partial charge in [0.2, 0.25) is 0 Å². The van der Waals surface area contributed by atoms with E-state index in [1.807, 2.05) is 24.5 Å². The summed E-state index contributed by atoms with van der Waals surface area (Å²) >= 11 is 0. The van der Waals surface area contributed by atoms with E-state index in [0.717, 1.165) is 30.9 Å². The first-order chi connectivity index (χ1) is 10.2. The molecule has 1 fully saturated rings. The van der Waals surface area contributed by atoms with Crippen molar-refractivity contribution in [3.63, 3.8) is 0 Å². The molecule has 0 aliphatic carbocycles. The van der Waals surface area contributed by atoms with Crippen LogP contribution < -0.4 is 0 Å². The zero-order chi connectivity index (χ0) is 14.7. The van der Waals surface area contributed by atoms with Crippen molar-refractivity contribution in [2.45, 2.75) is 31.8 Å². The highest BCUT2D eigenvalue weighted by molar-refractivity contribution is 5.23. The van der Waals surface area contributed by atoms with Crippen LogP contribution in [-0.4, -0.2) is 39.6 Å². The Morgan fingerprint density at radius 2 is 2.19 bits per heavy atom. The number of aliphatic hydroxyl groups is 1. The largest absolute Gasteiger partial charge is 0.387 e. The lowest BCUT2D eigenvalue weighted by atomic mass is 9.96. The van der Waals surface area contributed by atoms with Gasteiger partial charge in [-0.2, -0.15) is 0 Å². The van der Waals surface area contributed by atoms with Crippen LogP contribution in [0.5, 0.6) is 0 Å². The highest BCUT2D eigenvalue weighted by atomic mass is 16.3. The van der Waals surface area contributed by atoms with Crippen molar-refractivity contribution in [1.29, 1.82) is 0 Å². The summed E-state index contributed by atoms with van der Waals surface area (Å²) in [5.74, 6) is 1.53. The van der Waals surface area contributed by atoms with Crippen molar-refractivity contribution in [1.82, 2.24) is 14.9 Å². The van der Waals surface area contributed by atoms with E-state index in [4.69, 9.17) is 0 Å². The molecule has 1 aliphatic heterocycles. The summed E-state index contributed by atoms with van der Waals surface area (Å²) in [6, 6.07) is 8.16. The molecular weight excluding hydrogens is 262 g/mol. The van der Waals surface area contributed by atoms with Gasteiger partial charge in [-0.25, -0.2) is 4.98 Å². The van der Waals surface area contributed by atoms with Gasteiger partial charge in [-0.3, -0.25) is 4.90 Å². The van der Waals surface area contributed by atoms with Crippen molar-refractivity contribution in [2.24, 2.45) is 0 Å². The molecule has 0 radical (unpaired) electrons. The molecule has 0 saturated carbocycles. The van der Waals surface area contributed by atoms with Crippen LogP contribution in [0.4, 0.5) is 0 Å². The summed E-state index contributed by atoms with van der Waals surface area (Å²) in [5, 5.41) is 10.4. The van der Waals surface area contributed by atoms with Gasteiger partial charge < -0.3 is 10.1 Å². The van der Waals surface area contributed by atoms with E-state index in [1.54, 1.807) is 0 Å². The van der Waals surface area contributed by atoms with Gasteiger partial charge in [0.25, 0.3) is 0 Å². The van der Waals surface area contributed by atoms with Crippen LogP contribution in [0.2, 0.25) is 0 Å². The van der Waals surface area contributed by atoms with Gasteiger partial charge in [0.1, 0.15) is 5.82 Å². The summed E-state index contributed by atoms with van der Waals surface area (Å²) < 4.78 is 0. The van der Waals surface area contributed by atoms with Crippen LogP contribution >= 0.6 is 0 Å². The van der Waals surface area contributed by atoms with Crippen LogP contribution in [0, 0.1) is 6.92 Å². The summed E-state index contributed by atoms with van der Waals surface area (Å²) in [7, 11) is 0. The molecule has 4 nitrogen and oxygen atoms in total. The van der Waals surface area contributed by atoms with Crippen molar-refractivity contribution in [3.8, 4) is 0 Å². The van der Waals surface area contributed by atoms with Gasteiger partial charge in [-0.1, -0.05) is 29.8 Å². The average Bonchev–Trinajstić information content (AvgIpc) is 3.02.